The van der Waals surface area contributed by atoms with Gasteiger partial charge in [0.15, 0.2) is 0 Å². The molecule has 0 fully saturated rings. The standard InChI is InChI=1S/C23H20BrNO4/c1-16(24)21-19(18-11-6-7-12-20(18)22(26)29-21)13-8-14-25(2)23(27)28-15-17-9-4-3-5-10-17/h3-7,9-12,16H,14-15H2,1-2H3. The van der Waals surface area contributed by atoms with Crippen LogP contribution < -0.4 is 5.63 Å². The minimum Gasteiger partial charge on any atom is -0.445 e. The maximum absolute atomic E-state index is 12.2. The summed E-state index contributed by atoms with van der Waals surface area (Å²) < 4.78 is 10.8. The van der Waals surface area contributed by atoms with E-state index in [0.29, 0.717) is 16.7 Å². The highest BCUT2D eigenvalue weighted by Crippen LogP contribution is 2.28. The second-order valence-electron chi connectivity index (χ2n) is 6.49. The molecule has 6 heteroatoms. The number of carbonyl (C=O) groups is 1. The molecule has 1 unspecified atom stereocenters. The fraction of sp³-hybridized carbons (Fsp3) is 0.217. The monoisotopic (exact) mass is 453 g/mol. The van der Waals surface area contributed by atoms with Crippen LogP contribution in [0, 0.1) is 11.8 Å². The molecule has 0 aliphatic heterocycles. The topological polar surface area (TPSA) is 59.8 Å². The number of amides is 1. The third-order valence-electron chi connectivity index (χ3n) is 4.27. The van der Waals surface area contributed by atoms with E-state index in [-0.39, 0.29) is 18.0 Å². The predicted octanol–water partition coefficient (Wildman–Crippen LogP) is 4.87. The number of alkyl halides is 1. The Hall–Kier alpha value is -3.04. The van der Waals surface area contributed by atoms with Crippen LogP contribution in [0.5, 0.6) is 0 Å². The molecule has 0 saturated heterocycles. The van der Waals surface area contributed by atoms with E-state index in [2.05, 4.69) is 27.8 Å². The zero-order valence-corrected chi connectivity index (χ0v) is 17.7. The van der Waals surface area contributed by atoms with Gasteiger partial charge in [-0.1, -0.05) is 76.3 Å². The van der Waals surface area contributed by atoms with Crippen molar-refractivity contribution in [1.82, 2.24) is 4.90 Å². The molecular weight excluding hydrogens is 434 g/mol. The Balaban J connectivity index is 1.76. The molecule has 0 bridgehead atoms. The van der Waals surface area contributed by atoms with Crippen molar-refractivity contribution < 1.29 is 13.9 Å². The lowest BCUT2D eigenvalue weighted by molar-refractivity contribution is 0.109. The highest BCUT2D eigenvalue weighted by atomic mass is 79.9. The number of nitrogens with zero attached hydrogens (tertiary/aromatic N) is 1. The third kappa shape index (κ3) is 5.07. The summed E-state index contributed by atoms with van der Waals surface area (Å²) in [7, 11) is 1.62. The van der Waals surface area contributed by atoms with E-state index < -0.39 is 11.7 Å². The first kappa shape index (κ1) is 20.7. The molecule has 1 amide bonds. The van der Waals surface area contributed by atoms with E-state index >= 15 is 0 Å². The van der Waals surface area contributed by atoms with Gasteiger partial charge in [-0.3, -0.25) is 0 Å². The number of benzene rings is 2. The van der Waals surface area contributed by atoms with Crippen LogP contribution in [0.4, 0.5) is 4.79 Å². The molecule has 3 rings (SSSR count). The number of halogens is 1. The molecule has 0 radical (unpaired) electrons. The van der Waals surface area contributed by atoms with Crippen LogP contribution in [0.3, 0.4) is 0 Å². The van der Waals surface area contributed by atoms with Gasteiger partial charge in [0.2, 0.25) is 0 Å². The molecule has 2 aromatic carbocycles. The molecular formula is C23H20BrNO4. The summed E-state index contributed by atoms with van der Waals surface area (Å²) in [6.07, 6.45) is -0.457. The van der Waals surface area contributed by atoms with Crippen molar-refractivity contribution in [2.24, 2.45) is 0 Å². The Morgan fingerprint density at radius 1 is 1.14 bits per heavy atom. The van der Waals surface area contributed by atoms with Gasteiger partial charge in [0.1, 0.15) is 12.4 Å². The molecule has 1 atom stereocenters. The van der Waals surface area contributed by atoms with Crippen molar-refractivity contribution in [1.29, 1.82) is 0 Å². The van der Waals surface area contributed by atoms with Gasteiger partial charge in [-0.05, 0) is 18.6 Å². The Morgan fingerprint density at radius 2 is 1.79 bits per heavy atom. The Bertz CT molecular complexity index is 1130. The van der Waals surface area contributed by atoms with Gasteiger partial charge in [0, 0.05) is 12.4 Å². The maximum Gasteiger partial charge on any atom is 0.410 e. The second-order valence-corrected chi connectivity index (χ2v) is 7.86. The predicted molar refractivity (Wildman–Crippen MR) is 116 cm³/mol. The first-order chi connectivity index (χ1) is 14.0. The van der Waals surface area contributed by atoms with E-state index in [1.54, 1.807) is 19.2 Å². The fourth-order valence-electron chi connectivity index (χ4n) is 2.77. The van der Waals surface area contributed by atoms with Crippen LogP contribution in [0.25, 0.3) is 10.8 Å². The van der Waals surface area contributed by atoms with Gasteiger partial charge in [0.05, 0.1) is 22.3 Å². The minimum atomic E-state index is -0.457. The average molecular weight is 454 g/mol. The summed E-state index contributed by atoms with van der Waals surface area (Å²) in [4.78, 5) is 25.6. The molecule has 1 aromatic heterocycles. The van der Waals surface area contributed by atoms with Crippen LogP contribution in [-0.2, 0) is 11.3 Å². The molecule has 5 nitrogen and oxygen atoms in total. The largest absolute Gasteiger partial charge is 0.445 e. The second kappa shape index (κ2) is 9.44. The Labute approximate surface area is 177 Å². The van der Waals surface area contributed by atoms with Gasteiger partial charge in [0.25, 0.3) is 0 Å². The zero-order valence-electron chi connectivity index (χ0n) is 16.1. The summed E-state index contributed by atoms with van der Waals surface area (Å²) in [5, 5.41) is 1.20. The lowest BCUT2D eigenvalue weighted by Gasteiger charge is -2.14. The normalized spacial score (nSPS) is 11.4. The highest BCUT2D eigenvalue weighted by Gasteiger charge is 2.16. The van der Waals surface area contributed by atoms with Gasteiger partial charge in [-0.25, -0.2) is 9.59 Å². The zero-order chi connectivity index (χ0) is 20.8. The smallest absolute Gasteiger partial charge is 0.410 e. The van der Waals surface area contributed by atoms with Crippen molar-refractivity contribution >= 4 is 32.8 Å². The SMILES string of the molecule is CC(Br)c1oc(=O)c2ccccc2c1C#CCN(C)C(=O)OCc1ccccc1. The van der Waals surface area contributed by atoms with Crippen molar-refractivity contribution in [2.45, 2.75) is 18.4 Å². The first-order valence-corrected chi connectivity index (χ1v) is 9.99. The Morgan fingerprint density at radius 3 is 2.48 bits per heavy atom. The van der Waals surface area contributed by atoms with Crippen molar-refractivity contribution in [2.75, 3.05) is 13.6 Å². The summed E-state index contributed by atoms with van der Waals surface area (Å²) >= 11 is 3.46. The van der Waals surface area contributed by atoms with Crippen molar-refractivity contribution in [3.63, 3.8) is 0 Å². The molecule has 0 aliphatic rings. The number of hydrogen-bond acceptors (Lipinski definition) is 4. The fourth-order valence-corrected chi connectivity index (χ4v) is 3.09. The average Bonchev–Trinajstić information content (AvgIpc) is 2.74. The van der Waals surface area contributed by atoms with Crippen LogP contribution in [-0.4, -0.2) is 24.6 Å². The van der Waals surface area contributed by atoms with Crippen molar-refractivity contribution in [3.05, 3.63) is 81.9 Å². The van der Waals surface area contributed by atoms with Crippen LogP contribution in [0.1, 0.15) is 28.6 Å². The van der Waals surface area contributed by atoms with E-state index in [9.17, 15) is 9.59 Å². The first-order valence-electron chi connectivity index (χ1n) is 9.08. The summed E-state index contributed by atoms with van der Waals surface area (Å²) in [6.45, 7) is 2.25. The summed E-state index contributed by atoms with van der Waals surface area (Å²) in [5.41, 5.74) is 1.16. The third-order valence-corrected chi connectivity index (χ3v) is 4.69. The van der Waals surface area contributed by atoms with E-state index in [4.69, 9.17) is 9.15 Å². The number of fused-ring (bicyclic) bond motifs is 1. The van der Waals surface area contributed by atoms with Gasteiger partial charge in [-0.2, -0.15) is 0 Å². The minimum absolute atomic E-state index is 0.178. The van der Waals surface area contributed by atoms with Gasteiger partial charge < -0.3 is 14.1 Å². The number of rotatable bonds is 4. The van der Waals surface area contributed by atoms with Gasteiger partial charge >= 0.3 is 11.7 Å². The van der Waals surface area contributed by atoms with Crippen molar-refractivity contribution in [3.8, 4) is 11.8 Å². The highest BCUT2D eigenvalue weighted by molar-refractivity contribution is 9.09. The Kier molecular flexibility index (Phi) is 6.73. The van der Waals surface area contributed by atoms with E-state index in [0.717, 1.165) is 10.9 Å². The quantitative estimate of drug-likeness (QED) is 0.417. The molecule has 3 aromatic rings. The number of carbonyl (C=O) groups excluding carboxylic acids is 1. The molecule has 0 saturated carbocycles. The lowest BCUT2D eigenvalue weighted by Crippen LogP contribution is -2.27. The molecule has 0 N–H and O–H groups in total. The van der Waals surface area contributed by atoms with Crippen LogP contribution in [0.2, 0.25) is 0 Å². The molecule has 29 heavy (non-hydrogen) atoms. The van der Waals surface area contributed by atoms with Crippen LogP contribution >= 0.6 is 15.9 Å². The maximum atomic E-state index is 12.2. The van der Waals surface area contributed by atoms with Gasteiger partial charge in [-0.15, -0.1) is 0 Å². The lowest BCUT2D eigenvalue weighted by atomic mass is 10.0. The van der Waals surface area contributed by atoms with E-state index in [1.807, 2.05) is 49.4 Å². The molecule has 148 valence electrons. The number of hydrogen-bond donors (Lipinski definition) is 0. The molecule has 0 aliphatic carbocycles. The molecule has 1 heterocycles. The number of ether oxygens (including phenoxy) is 1. The summed E-state index contributed by atoms with van der Waals surface area (Å²) in [6, 6.07) is 16.7. The molecule has 0 spiro atoms. The van der Waals surface area contributed by atoms with Crippen LogP contribution in [0.15, 0.2) is 63.8 Å². The van der Waals surface area contributed by atoms with E-state index in [1.165, 1.54) is 4.90 Å². The summed E-state index contributed by atoms with van der Waals surface area (Å²) in [5.74, 6) is 6.51.